The number of rotatable bonds is 6. The lowest BCUT2D eigenvalue weighted by atomic mass is 9.99. The molecular formula is C27H31N3O3. The van der Waals surface area contributed by atoms with E-state index in [1.807, 2.05) is 29.2 Å². The van der Waals surface area contributed by atoms with Crippen LogP contribution in [0.25, 0.3) is 0 Å². The zero-order valence-electron chi connectivity index (χ0n) is 19.3. The molecule has 6 nitrogen and oxygen atoms in total. The van der Waals surface area contributed by atoms with Crippen molar-refractivity contribution >= 4 is 5.91 Å². The van der Waals surface area contributed by atoms with E-state index in [1.165, 1.54) is 11.3 Å². The van der Waals surface area contributed by atoms with Gasteiger partial charge in [0, 0.05) is 37.1 Å². The number of aromatic nitrogens is 1. The number of methoxy groups -OCH3 is 2. The van der Waals surface area contributed by atoms with E-state index >= 15 is 0 Å². The fraction of sp³-hybridized carbons (Fsp3) is 0.370. The van der Waals surface area contributed by atoms with Crippen molar-refractivity contribution in [1.29, 1.82) is 0 Å². The molecule has 2 aliphatic rings. The van der Waals surface area contributed by atoms with E-state index in [0.29, 0.717) is 6.54 Å². The molecule has 1 amide bonds. The van der Waals surface area contributed by atoms with Crippen LogP contribution >= 0.6 is 0 Å². The number of amides is 1. The highest BCUT2D eigenvalue weighted by Gasteiger charge is 2.36. The van der Waals surface area contributed by atoms with Crippen LogP contribution in [0.1, 0.15) is 41.7 Å². The van der Waals surface area contributed by atoms with E-state index < -0.39 is 0 Å². The van der Waals surface area contributed by atoms with Crippen LogP contribution in [0.2, 0.25) is 0 Å². The zero-order valence-corrected chi connectivity index (χ0v) is 19.3. The highest BCUT2D eigenvalue weighted by atomic mass is 16.5. The van der Waals surface area contributed by atoms with Gasteiger partial charge in [0.15, 0.2) is 0 Å². The van der Waals surface area contributed by atoms with Crippen LogP contribution in [-0.4, -0.2) is 54.1 Å². The van der Waals surface area contributed by atoms with E-state index in [0.717, 1.165) is 49.5 Å². The van der Waals surface area contributed by atoms with Crippen LogP contribution in [0.4, 0.5) is 0 Å². The summed E-state index contributed by atoms with van der Waals surface area (Å²) in [6.45, 7) is 2.90. The first-order valence-electron chi connectivity index (χ1n) is 11.6. The molecule has 2 aliphatic heterocycles. The molecule has 2 unspecified atom stereocenters. The monoisotopic (exact) mass is 445 g/mol. The van der Waals surface area contributed by atoms with Crippen LogP contribution < -0.4 is 9.47 Å². The van der Waals surface area contributed by atoms with Gasteiger partial charge in [-0.25, -0.2) is 0 Å². The van der Waals surface area contributed by atoms with Crippen LogP contribution in [0.5, 0.6) is 11.5 Å². The van der Waals surface area contributed by atoms with Gasteiger partial charge in [-0.3, -0.25) is 9.69 Å². The molecule has 0 saturated carbocycles. The van der Waals surface area contributed by atoms with E-state index in [4.69, 9.17) is 9.47 Å². The predicted molar refractivity (Wildman–Crippen MR) is 128 cm³/mol. The summed E-state index contributed by atoms with van der Waals surface area (Å²) in [5.41, 5.74) is 3.49. The third-order valence-corrected chi connectivity index (χ3v) is 6.96. The van der Waals surface area contributed by atoms with Gasteiger partial charge in [-0.05, 0) is 48.7 Å². The average Bonchev–Trinajstić information content (AvgIpc) is 3.54. The number of benzene rings is 2. The standard InChI is InChI=1S/C27H31N3O3/c1-32-21-12-13-25(33-2)22(18-21)23-10-7-15-30(23)26(31)19-29-17-16-28-14-6-11-24(28)27(29)20-8-4-3-5-9-20/h3-6,8-9,11-14,18,23,27H,7,10,15-17,19H2,1-2H3. The molecular weight excluding hydrogens is 414 g/mol. The SMILES string of the molecule is COc1ccc(OC)c(C2CCCN2C(=O)CN2CCn3cccc3C2c2ccccc2)c1. The molecule has 5 rings (SSSR count). The van der Waals surface area contributed by atoms with Crippen molar-refractivity contribution < 1.29 is 14.3 Å². The summed E-state index contributed by atoms with van der Waals surface area (Å²) < 4.78 is 13.4. The number of hydrogen-bond acceptors (Lipinski definition) is 4. The summed E-state index contributed by atoms with van der Waals surface area (Å²) in [5, 5.41) is 0. The smallest absolute Gasteiger partial charge is 0.237 e. The van der Waals surface area contributed by atoms with E-state index in [9.17, 15) is 4.79 Å². The number of carbonyl (C=O) groups is 1. The van der Waals surface area contributed by atoms with E-state index in [1.54, 1.807) is 14.2 Å². The minimum absolute atomic E-state index is 0.00590. The molecule has 1 aromatic heterocycles. The Hall–Kier alpha value is -3.25. The number of nitrogens with zero attached hydrogens (tertiary/aromatic N) is 3. The third kappa shape index (κ3) is 4.11. The maximum absolute atomic E-state index is 13.7. The topological polar surface area (TPSA) is 46.9 Å². The second-order valence-corrected chi connectivity index (χ2v) is 8.76. The molecule has 1 saturated heterocycles. The van der Waals surface area contributed by atoms with Crippen molar-refractivity contribution in [3.63, 3.8) is 0 Å². The number of ether oxygens (including phenoxy) is 2. The van der Waals surface area contributed by atoms with Gasteiger partial charge in [0.25, 0.3) is 0 Å². The number of hydrogen-bond donors (Lipinski definition) is 0. The maximum Gasteiger partial charge on any atom is 0.237 e. The van der Waals surface area contributed by atoms with Crippen LogP contribution in [0.15, 0.2) is 66.9 Å². The quantitative estimate of drug-likeness (QED) is 0.568. The lowest BCUT2D eigenvalue weighted by Crippen LogP contribution is -2.45. The third-order valence-electron chi connectivity index (χ3n) is 6.96. The van der Waals surface area contributed by atoms with Gasteiger partial charge in [-0.15, -0.1) is 0 Å². The van der Waals surface area contributed by atoms with E-state index in [2.05, 4.69) is 52.1 Å². The Kier molecular flexibility index (Phi) is 6.09. The van der Waals surface area contributed by atoms with Gasteiger partial charge < -0.3 is 18.9 Å². The fourth-order valence-corrected chi connectivity index (χ4v) is 5.37. The Labute approximate surface area is 195 Å². The van der Waals surface area contributed by atoms with Crippen molar-refractivity contribution in [1.82, 2.24) is 14.4 Å². The molecule has 6 heteroatoms. The predicted octanol–water partition coefficient (Wildman–Crippen LogP) is 4.27. The first-order valence-corrected chi connectivity index (χ1v) is 11.6. The van der Waals surface area contributed by atoms with Crippen molar-refractivity contribution in [2.75, 3.05) is 33.9 Å². The van der Waals surface area contributed by atoms with Crippen molar-refractivity contribution in [2.24, 2.45) is 0 Å². The van der Waals surface area contributed by atoms with Gasteiger partial charge in [0.2, 0.25) is 5.91 Å². The maximum atomic E-state index is 13.7. The molecule has 0 spiro atoms. The van der Waals surface area contributed by atoms with Crippen LogP contribution in [-0.2, 0) is 11.3 Å². The number of carbonyl (C=O) groups excluding carboxylic acids is 1. The summed E-state index contributed by atoms with van der Waals surface area (Å²) in [6, 6.07) is 20.7. The van der Waals surface area contributed by atoms with E-state index in [-0.39, 0.29) is 18.0 Å². The lowest BCUT2D eigenvalue weighted by molar-refractivity contribution is -0.134. The van der Waals surface area contributed by atoms with Gasteiger partial charge in [0.1, 0.15) is 11.5 Å². The zero-order chi connectivity index (χ0) is 22.8. The summed E-state index contributed by atoms with van der Waals surface area (Å²) in [5.74, 6) is 1.76. The van der Waals surface area contributed by atoms with Gasteiger partial charge >= 0.3 is 0 Å². The Bertz CT molecular complexity index is 1110. The van der Waals surface area contributed by atoms with Crippen LogP contribution in [0, 0.1) is 0 Å². The van der Waals surface area contributed by atoms with Crippen LogP contribution in [0.3, 0.4) is 0 Å². The molecule has 2 atom stereocenters. The fourth-order valence-electron chi connectivity index (χ4n) is 5.37. The summed E-state index contributed by atoms with van der Waals surface area (Å²) in [4.78, 5) is 18.0. The van der Waals surface area contributed by atoms with Crippen molar-refractivity contribution in [3.05, 3.63) is 83.7 Å². The highest BCUT2D eigenvalue weighted by molar-refractivity contribution is 5.79. The molecule has 0 aliphatic carbocycles. The number of fused-ring (bicyclic) bond motifs is 1. The minimum atomic E-state index is 0.00590. The average molecular weight is 446 g/mol. The Morgan fingerprint density at radius 2 is 1.82 bits per heavy atom. The second-order valence-electron chi connectivity index (χ2n) is 8.76. The van der Waals surface area contributed by atoms with Gasteiger partial charge in [-0.2, -0.15) is 0 Å². The highest BCUT2D eigenvalue weighted by Crippen LogP contribution is 2.39. The second kappa shape index (κ2) is 9.32. The Morgan fingerprint density at radius 3 is 2.61 bits per heavy atom. The largest absolute Gasteiger partial charge is 0.497 e. The molecule has 0 bridgehead atoms. The first-order chi connectivity index (χ1) is 16.2. The molecule has 172 valence electrons. The van der Waals surface area contributed by atoms with Crippen molar-refractivity contribution in [2.45, 2.75) is 31.5 Å². The Morgan fingerprint density at radius 1 is 0.970 bits per heavy atom. The first kappa shape index (κ1) is 21.6. The molecule has 3 aromatic rings. The summed E-state index contributed by atoms with van der Waals surface area (Å²) >= 11 is 0. The minimum Gasteiger partial charge on any atom is -0.497 e. The molecule has 3 heterocycles. The van der Waals surface area contributed by atoms with Gasteiger partial charge in [0.05, 0.1) is 32.8 Å². The lowest BCUT2D eigenvalue weighted by Gasteiger charge is -2.38. The van der Waals surface area contributed by atoms with Crippen molar-refractivity contribution in [3.8, 4) is 11.5 Å². The molecule has 0 radical (unpaired) electrons. The molecule has 0 N–H and O–H groups in total. The Balaban J connectivity index is 1.41. The molecule has 33 heavy (non-hydrogen) atoms. The summed E-state index contributed by atoms with van der Waals surface area (Å²) in [6.07, 6.45) is 4.05. The number of likely N-dealkylation sites (tertiary alicyclic amines) is 1. The molecule has 2 aromatic carbocycles. The summed E-state index contributed by atoms with van der Waals surface area (Å²) in [7, 11) is 3.35. The normalized spacial score (nSPS) is 20.5. The molecule has 1 fully saturated rings. The van der Waals surface area contributed by atoms with Gasteiger partial charge in [-0.1, -0.05) is 30.3 Å².